The molecule has 0 radical (unpaired) electrons. The summed E-state index contributed by atoms with van der Waals surface area (Å²) in [6.07, 6.45) is 0.547. The van der Waals surface area contributed by atoms with Gasteiger partial charge in [0.25, 0.3) is 5.91 Å². The molecule has 1 heterocycles. The molecule has 0 spiro atoms. The highest BCUT2D eigenvalue weighted by molar-refractivity contribution is 7.91. The van der Waals surface area contributed by atoms with E-state index in [-0.39, 0.29) is 36.3 Å². The van der Waals surface area contributed by atoms with Crippen molar-refractivity contribution in [3.8, 4) is 0 Å². The zero-order valence-electron chi connectivity index (χ0n) is 12.5. The summed E-state index contributed by atoms with van der Waals surface area (Å²) in [4.78, 5) is 23.7. The van der Waals surface area contributed by atoms with Crippen molar-refractivity contribution in [2.45, 2.75) is 25.3 Å². The molecule has 2 rings (SSSR count). The van der Waals surface area contributed by atoms with Crippen LogP contribution in [0.3, 0.4) is 0 Å². The minimum Gasteiger partial charge on any atom is -0.352 e. The summed E-state index contributed by atoms with van der Waals surface area (Å²) < 4.78 is 23.0. The van der Waals surface area contributed by atoms with Crippen molar-refractivity contribution in [2.24, 2.45) is 0 Å². The van der Waals surface area contributed by atoms with E-state index in [2.05, 4.69) is 10.6 Å². The fourth-order valence-electron chi connectivity index (χ4n) is 2.49. The number of hydrogen-bond donors (Lipinski definition) is 2. The SMILES string of the molecule is CC1(NC(=O)CCNC(=O)c2ccccc2)CCS(=O)(=O)C1. The maximum Gasteiger partial charge on any atom is 0.251 e. The quantitative estimate of drug-likeness (QED) is 0.825. The van der Waals surface area contributed by atoms with Gasteiger partial charge in [0.05, 0.1) is 17.0 Å². The van der Waals surface area contributed by atoms with Gasteiger partial charge in [0.1, 0.15) is 0 Å². The number of nitrogens with one attached hydrogen (secondary N) is 2. The molecule has 2 amide bonds. The zero-order valence-corrected chi connectivity index (χ0v) is 13.3. The Hall–Kier alpha value is -1.89. The van der Waals surface area contributed by atoms with Crippen LogP contribution in [0.2, 0.25) is 0 Å². The Labute approximate surface area is 130 Å². The lowest BCUT2D eigenvalue weighted by Crippen LogP contribution is -2.47. The summed E-state index contributed by atoms with van der Waals surface area (Å²) in [5.41, 5.74) is -0.156. The van der Waals surface area contributed by atoms with Crippen molar-refractivity contribution >= 4 is 21.7 Å². The lowest BCUT2D eigenvalue weighted by atomic mass is 10.0. The topological polar surface area (TPSA) is 92.3 Å². The van der Waals surface area contributed by atoms with Crippen molar-refractivity contribution in [3.05, 3.63) is 35.9 Å². The molecule has 120 valence electrons. The Kier molecular flexibility index (Phi) is 4.85. The molecule has 6 nitrogen and oxygen atoms in total. The molecule has 1 unspecified atom stereocenters. The second kappa shape index (κ2) is 6.48. The minimum absolute atomic E-state index is 0.0257. The molecule has 0 aliphatic carbocycles. The second-order valence-corrected chi connectivity index (χ2v) is 8.01. The van der Waals surface area contributed by atoms with Crippen LogP contribution in [-0.2, 0) is 14.6 Å². The van der Waals surface area contributed by atoms with Crippen LogP contribution in [0.1, 0.15) is 30.1 Å². The van der Waals surface area contributed by atoms with Gasteiger partial charge in [-0.15, -0.1) is 0 Å². The average Bonchev–Trinajstić information content (AvgIpc) is 2.73. The summed E-state index contributed by atoms with van der Waals surface area (Å²) in [6, 6.07) is 8.74. The third-order valence-corrected chi connectivity index (χ3v) is 5.52. The fraction of sp³-hybridized carbons (Fsp3) is 0.467. The Morgan fingerprint density at radius 3 is 2.50 bits per heavy atom. The third kappa shape index (κ3) is 4.56. The summed E-state index contributed by atoms with van der Waals surface area (Å²) in [5.74, 6) is -0.410. The smallest absolute Gasteiger partial charge is 0.251 e. The van der Waals surface area contributed by atoms with E-state index in [1.807, 2.05) is 6.07 Å². The summed E-state index contributed by atoms with van der Waals surface area (Å²) >= 11 is 0. The predicted molar refractivity (Wildman–Crippen MR) is 83.2 cm³/mol. The van der Waals surface area contributed by atoms with Gasteiger partial charge in [-0.3, -0.25) is 9.59 Å². The van der Waals surface area contributed by atoms with Crippen LogP contribution < -0.4 is 10.6 Å². The van der Waals surface area contributed by atoms with Crippen molar-refractivity contribution in [2.75, 3.05) is 18.1 Å². The molecule has 0 bridgehead atoms. The largest absolute Gasteiger partial charge is 0.352 e. The summed E-state index contributed by atoms with van der Waals surface area (Å²) in [5, 5.41) is 5.42. The van der Waals surface area contributed by atoms with Crippen LogP contribution in [0.4, 0.5) is 0 Å². The summed E-state index contributed by atoms with van der Waals surface area (Å²) in [7, 11) is -3.05. The van der Waals surface area contributed by atoms with Gasteiger partial charge in [0.15, 0.2) is 9.84 Å². The highest BCUT2D eigenvalue weighted by Gasteiger charge is 2.39. The second-order valence-electron chi connectivity index (χ2n) is 5.82. The van der Waals surface area contributed by atoms with Gasteiger partial charge in [0, 0.05) is 18.5 Å². The molecule has 1 aliphatic heterocycles. The minimum atomic E-state index is -3.05. The molecule has 1 atom stereocenters. The molecule has 1 aromatic rings. The molecule has 22 heavy (non-hydrogen) atoms. The normalized spacial score (nSPS) is 23.0. The van der Waals surface area contributed by atoms with E-state index < -0.39 is 15.4 Å². The monoisotopic (exact) mass is 324 g/mol. The van der Waals surface area contributed by atoms with E-state index in [1.165, 1.54) is 0 Å². The maximum absolute atomic E-state index is 11.9. The Balaban J connectivity index is 1.76. The predicted octanol–water partition coefficient (Wildman–Crippen LogP) is 0.500. The van der Waals surface area contributed by atoms with Crippen LogP contribution in [0.5, 0.6) is 0 Å². The highest BCUT2D eigenvalue weighted by atomic mass is 32.2. The first-order valence-electron chi connectivity index (χ1n) is 7.14. The van der Waals surface area contributed by atoms with Crippen molar-refractivity contribution in [1.29, 1.82) is 0 Å². The summed E-state index contributed by atoms with van der Waals surface area (Å²) in [6.45, 7) is 1.94. The van der Waals surface area contributed by atoms with Crippen molar-refractivity contribution in [1.82, 2.24) is 10.6 Å². The number of carbonyl (C=O) groups excluding carboxylic acids is 2. The van der Waals surface area contributed by atoms with Crippen LogP contribution in [0, 0.1) is 0 Å². The molecule has 1 saturated heterocycles. The van der Waals surface area contributed by atoms with E-state index in [0.717, 1.165) is 0 Å². The molecule has 1 aromatic carbocycles. The van der Waals surface area contributed by atoms with Gasteiger partial charge in [-0.25, -0.2) is 8.42 Å². The first kappa shape index (κ1) is 16.5. The first-order valence-corrected chi connectivity index (χ1v) is 8.97. The molecule has 1 aliphatic rings. The van der Waals surface area contributed by atoms with E-state index in [9.17, 15) is 18.0 Å². The lowest BCUT2D eigenvalue weighted by molar-refractivity contribution is -0.122. The van der Waals surface area contributed by atoms with Crippen molar-refractivity contribution < 1.29 is 18.0 Å². The number of benzene rings is 1. The van der Waals surface area contributed by atoms with E-state index in [4.69, 9.17) is 0 Å². The van der Waals surface area contributed by atoms with Gasteiger partial charge < -0.3 is 10.6 Å². The van der Waals surface area contributed by atoms with Crippen molar-refractivity contribution in [3.63, 3.8) is 0 Å². The number of sulfone groups is 1. The number of hydrogen-bond acceptors (Lipinski definition) is 4. The van der Waals surface area contributed by atoms with Gasteiger partial charge >= 0.3 is 0 Å². The maximum atomic E-state index is 11.9. The molecule has 0 aromatic heterocycles. The van der Waals surface area contributed by atoms with Gasteiger partial charge in [-0.1, -0.05) is 18.2 Å². The Bertz CT molecular complexity index is 657. The first-order chi connectivity index (χ1) is 10.3. The van der Waals surface area contributed by atoms with E-state index in [0.29, 0.717) is 12.0 Å². The molecule has 0 saturated carbocycles. The highest BCUT2D eigenvalue weighted by Crippen LogP contribution is 2.22. The Morgan fingerprint density at radius 1 is 1.23 bits per heavy atom. The van der Waals surface area contributed by atoms with E-state index in [1.54, 1.807) is 31.2 Å². The number of amides is 2. The average molecular weight is 324 g/mol. The molecule has 1 fully saturated rings. The third-order valence-electron chi connectivity index (χ3n) is 3.62. The van der Waals surface area contributed by atoms with Gasteiger partial charge in [-0.05, 0) is 25.5 Å². The van der Waals surface area contributed by atoms with Crippen LogP contribution in [0.15, 0.2) is 30.3 Å². The standard InChI is InChI=1S/C15H20N2O4S/c1-15(8-10-22(20,21)11-15)17-13(18)7-9-16-14(19)12-5-3-2-4-6-12/h2-6H,7-11H2,1H3,(H,16,19)(H,17,18). The number of rotatable bonds is 5. The molecule has 2 N–H and O–H groups in total. The Morgan fingerprint density at radius 2 is 1.91 bits per heavy atom. The van der Waals surface area contributed by atoms with Crippen LogP contribution in [0.25, 0.3) is 0 Å². The lowest BCUT2D eigenvalue weighted by Gasteiger charge is -2.23. The number of carbonyl (C=O) groups is 2. The molecular formula is C15H20N2O4S. The van der Waals surface area contributed by atoms with Gasteiger partial charge in [-0.2, -0.15) is 0 Å². The van der Waals surface area contributed by atoms with Crippen LogP contribution in [-0.4, -0.2) is 43.8 Å². The van der Waals surface area contributed by atoms with E-state index >= 15 is 0 Å². The van der Waals surface area contributed by atoms with Gasteiger partial charge in [0.2, 0.25) is 5.91 Å². The zero-order chi connectivity index (χ0) is 16.2. The molecule has 7 heteroatoms. The molecular weight excluding hydrogens is 304 g/mol. The fourth-order valence-corrected chi connectivity index (χ4v) is 4.58. The van der Waals surface area contributed by atoms with Crippen LogP contribution >= 0.6 is 0 Å².